The van der Waals surface area contributed by atoms with Crippen molar-refractivity contribution in [2.45, 2.75) is 80.5 Å². The molecule has 1 spiro atoms. The molecule has 1 aromatic rings. The number of halogens is 1. The van der Waals surface area contributed by atoms with Gasteiger partial charge >= 0.3 is 5.97 Å². The lowest BCUT2D eigenvalue weighted by Gasteiger charge is -2.37. The van der Waals surface area contributed by atoms with Gasteiger partial charge in [0.1, 0.15) is 17.7 Å². The highest BCUT2D eigenvalue weighted by molar-refractivity contribution is 9.09. The van der Waals surface area contributed by atoms with Crippen LogP contribution in [0, 0.1) is 11.8 Å². The maximum Gasteiger partial charge on any atom is 0.313 e. The van der Waals surface area contributed by atoms with Gasteiger partial charge in [-0.25, -0.2) is 0 Å². The van der Waals surface area contributed by atoms with Crippen LogP contribution in [0.25, 0.3) is 0 Å². The molecule has 0 radical (unpaired) electrons. The maximum absolute atomic E-state index is 14.3. The Balaban J connectivity index is 1.63. The van der Waals surface area contributed by atoms with Crippen molar-refractivity contribution in [3.8, 4) is 0 Å². The Morgan fingerprint density at radius 1 is 1.22 bits per heavy atom. The van der Waals surface area contributed by atoms with Gasteiger partial charge in [-0.2, -0.15) is 0 Å². The SMILES string of the molecule is C=CCCC(=O)NC[C@H](OC(=O)[C@@H]1[C@H]2O[C@@]3(CC2Br)[C@H](C(=O)N(CC=C)CCCCC)N(CCCO)C(=O)[C@@H]13)c1ccccc1. The first-order valence-corrected chi connectivity index (χ1v) is 16.9. The number of unbranched alkanes of at least 4 members (excludes halogenated alkanes) is 2. The van der Waals surface area contributed by atoms with E-state index >= 15 is 0 Å². The van der Waals surface area contributed by atoms with E-state index in [0.717, 1.165) is 19.3 Å². The van der Waals surface area contributed by atoms with E-state index in [1.165, 1.54) is 4.90 Å². The highest BCUT2D eigenvalue weighted by Gasteiger charge is 2.77. The zero-order valence-electron chi connectivity index (χ0n) is 26.1. The minimum Gasteiger partial charge on any atom is -0.455 e. The molecule has 0 aliphatic carbocycles. The summed E-state index contributed by atoms with van der Waals surface area (Å²) in [6.45, 7) is 10.5. The van der Waals surface area contributed by atoms with Crippen LogP contribution in [-0.4, -0.2) is 94.0 Å². The molecular weight excluding hydrogens is 642 g/mol. The predicted octanol–water partition coefficient (Wildman–Crippen LogP) is 3.69. The molecule has 3 fully saturated rings. The normalized spacial score (nSPS) is 27.1. The van der Waals surface area contributed by atoms with Crippen molar-refractivity contribution in [3.05, 3.63) is 61.2 Å². The zero-order valence-corrected chi connectivity index (χ0v) is 27.7. The average molecular weight is 689 g/mol. The number of carbonyl (C=O) groups excluding carboxylic acids is 4. The second-order valence-electron chi connectivity index (χ2n) is 12.0. The summed E-state index contributed by atoms with van der Waals surface area (Å²) in [7, 11) is 0. The number of benzene rings is 1. The third kappa shape index (κ3) is 7.36. The molecule has 7 atom stereocenters. The van der Waals surface area contributed by atoms with Gasteiger partial charge in [0.2, 0.25) is 17.7 Å². The van der Waals surface area contributed by atoms with Crippen molar-refractivity contribution in [2.75, 3.05) is 32.8 Å². The molecule has 246 valence electrons. The van der Waals surface area contributed by atoms with Crippen LogP contribution in [0.3, 0.4) is 0 Å². The monoisotopic (exact) mass is 687 g/mol. The lowest BCUT2D eigenvalue weighted by Crippen LogP contribution is -2.57. The molecule has 11 heteroatoms. The number of amides is 3. The first kappa shape index (κ1) is 34.8. The van der Waals surface area contributed by atoms with Crippen LogP contribution in [0.5, 0.6) is 0 Å². The summed E-state index contributed by atoms with van der Waals surface area (Å²) in [5.41, 5.74) is -0.524. The van der Waals surface area contributed by atoms with E-state index in [-0.39, 0.29) is 55.1 Å². The average Bonchev–Trinajstić information content (AvgIpc) is 3.63. The van der Waals surface area contributed by atoms with Crippen molar-refractivity contribution < 1.29 is 33.8 Å². The van der Waals surface area contributed by atoms with Gasteiger partial charge in [0.15, 0.2) is 0 Å². The van der Waals surface area contributed by atoms with E-state index in [9.17, 15) is 24.3 Å². The minimum atomic E-state index is -1.22. The third-order valence-electron chi connectivity index (χ3n) is 9.04. The number of aliphatic hydroxyl groups excluding tert-OH is 1. The van der Waals surface area contributed by atoms with Crippen LogP contribution in [0.2, 0.25) is 0 Å². The Hall–Kier alpha value is -3.02. The Labute approximate surface area is 274 Å². The lowest BCUT2D eigenvalue weighted by molar-refractivity contribution is -0.160. The molecule has 0 saturated carbocycles. The molecule has 3 saturated heterocycles. The molecule has 4 rings (SSSR count). The Bertz CT molecular complexity index is 1230. The van der Waals surface area contributed by atoms with E-state index in [1.807, 2.05) is 30.3 Å². The zero-order chi connectivity index (χ0) is 32.6. The van der Waals surface area contributed by atoms with Gasteiger partial charge in [0.25, 0.3) is 0 Å². The lowest BCUT2D eigenvalue weighted by atomic mass is 9.70. The first-order valence-electron chi connectivity index (χ1n) is 16.0. The summed E-state index contributed by atoms with van der Waals surface area (Å²) in [6, 6.07) is 8.19. The number of nitrogens with zero attached hydrogens (tertiary/aromatic N) is 2. The van der Waals surface area contributed by atoms with Crippen LogP contribution in [-0.2, 0) is 28.7 Å². The number of alkyl halides is 1. The third-order valence-corrected chi connectivity index (χ3v) is 9.88. The van der Waals surface area contributed by atoms with Crippen LogP contribution in [0.1, 0.15) is 63.5 Å². The molecule has 3 heterocycles. The van der Waals surface area contributed by atoms with Gasteiger partial charge in [0, 0.05) is 37.5 Å². The molecule has 2 bridgehead atoms. The smallest absolute Gasteiger partial charge is 0.313 e. The highest BCUT2D eigenvalue weighted by Crippen LogP contribution is 2.60. The summed E-state index contributed by atoms with van der Waals surface area (Å²) in [5.74, 6) is -3.26. The number of rotatable bonds is 18. The molecule has 0 aromatic heterocycles. The number of hydrogen-bond acceptors (Lipinski definition) is 7. The van der Waals surface area contributed by atoms with E-state index in [4.69, 9.17) is 9.47 Å². The van der Waals surface area contributed by atoms with Crippen molar-refractivity contribution in [1.29, 1.82) is 0 Å². The summed E-state index contributed by atoms with van der Waals surface area (Å²) in [6.07, 6.45) is 6.09. The number of aliphatic hydroxyl groups is 1. The molecule has 3 aliphatic rings. The fourth-order valence-corrected chi connectivity index (χ4v) is 7.92. The van der Waals surface area contributed by atoms with Crippen molar-refractivity contribution >= 4 is 39.6 Å². The molecular formula is C34H46BrN3O7. The molecule has 1 aromatic carbocycles. The number of carbonyl (C=O) groups is 4. The standard InChI is InChI=1S/C34H46BrN3O7/c1-4-7-12-18-37(17-6-3)32(42)30-34-21-24(35)29(45-34)27(28(34)31(41)38(30)19-13-20-39)33(43)44-25(23-14-10-9-11-15-23)22-36-26(40)16-8-5-2/h5-6,9-11,14-15,24-25,27-30,39H,2-4,7-8,12-13,16-22H2,1H3,(H,36,40)/t24?,25-,27-,28+,29-,30-,34+/m0/s1. The predicted molar refractivity (Wildman–Crippen MR) is 173 cm³/mol. The summed E-state index contributed by atoms with van der Waals surface area (Å²) in [5, 5.41) is 12.5. The Kier molecular flexibility index (Phi) is 12.4. The quantitative estimate of drug-likeness (QED) is 0.104. The minimum absolute atomic E-state index is 0.0590. The summed E-state index contributed by atoms with van der Waals surface area (Å²) >= 11 is 3.70. The number of nitrogens with one attached hydrogen (secondary N) is 1. The first-order chi connectivity index (χ1) is 21.7. The van der Waals surface area contributed by atoms with Crippen LogP contribution < -0.4 is 5.32 Å². The van der Waals surface area contributed by atoms with Gasteiger partial charge in [0.05, 0.1) is 24.5 Å². The number of hydrogen-bond donors (Lipinski definition) is 2. The van der Waals surface area contributed by atoms with Crippen molar-refractivity contribution in [2.24, 2.45) is 11.8 Å². The number of ether oxygens (including phenoxy) is 2. The molecule has 2 N–H and O–H groups in total. The fourth-order valence-electron chi connectivity index (χ4n) is 6.97. The Morgan fingerprint density at radius 2 is 1.98 bits per heavy atom. The van der Waals surface area contributed by atoms with E-state index < -0.39 is 41.7 Å². The molecule has 45 heavy (non-hydrogen) atoms. The number of likely N-dealkylation sites (tertiary alicyclic amines) is 1. The molecule has 1 unspecified atom stereocenters. The van der Waals surface area contributed by atoms with E-state index in [2.05, 4.69) is 41.3 Å². The molecule has 3 aliphatic heterocycles. The highest BCUT2D eigenvalue weighted by atomic mass is 79.9. The van der Waals surface area contributed by atoms with Gasteiger partial charge in [-0.1, -0.05) is 78.2 Å². The van der Waals surface area contributed by atoms with Crippen molar-refractivity contribution in [3.63, 3.8) is 0 Å². The molecule has 3 amide bonds. The van der Waals surface area contributed by atoms with E-state index in [1.54, 1.807) is 17.1 Å². The fraction of sp³-hybridized carbons (Fsp3) is 0.588. The second-order valence-corrected chi connectivity index (χ2v) is 13.2. The van der Waals surface area contributed by atoms with Crippen LogP contribution >= 0.6 is 15.9 Å². The molecule has 10 nitrogen and oxygen atoms in total. The van der Waals surface area contributed by atoms with Gasteiger partial charge in [-0.05, 0) is 31.2 Å². The number of esters is 1. The largest absolute Gasteiger partial charge is 0.455 e. The van der Waals surface area contributed by atoms with Crippen LogP contribution in [0.4, 0.5) is 0 Å². The van der Waals surface area contributed by atoms with Gasteiger partial charge < -0.3 is 29.7 Å². The summed E-state index contributed by atoms with van der Waals surface area (Å²) in [4.78, 5) is 58.0. The summed E-state index contributed by atoms with van der Waals surface area (Å²) < 4.78 is 12.7. The van der Waals surface area contributed by atoms with Gasteiger partial charge in [-0.3, -0.25) is 19.2 Å². The number of fused-ring (bicyclic) bond motifs is 1. The maximum atomic E-state index is 14.3. The van der Waals surface area contributed by atoms with Crippen LogP contribution in [0.15, 0.2) is 55.6 Å². The van der Waals surface area contributed by atoms with E-state index in [0.29, 0.717) is 31.5 Å². The van der Waals surface area contributed by atoms with Crippen molar-refractivity contribution in [1.82, 2.24) is 15.1 Å². The topological polar surface area (TPSA) is 125 Å². The number of allylic oxidation sites excluding steroid dienone is 1. The second kappa shape index (κ2) is 16.0. The Morgan fingerprint density at radius 3 is 2.64 bits per heavy atom. The van der Waals surface area contributed by atoms with Gasteiger partial charge in [-0.15, -0.1) is 13.2 Å².